The summed E-state index contributed by atoms with van der Waals surface area (Å²) in [5, 5.41) is 10.4. The zero-order valence-corrected chi connectivity index (χ0v) is 18.2. The second kappa shape index (κ2) is 8.27. The third kappa shape index (κ3) is 4.08. The lowest BCUT2D eigenvalue weighted by atomic mass is 10.1. The van der Waals surface area contributed by atoms with E-state index in [4.69, 9.17) is 9.84 Å². The first-order chi connectivity index (χ1) is 16.0. The van der Waals surface area contributed by atoms with Crippen LogP contribution < -0.4 is 15.4 Å². The number of nitrogens with zero attached hydrogens (tertiary/aromatic N) is 2. The van der Waals surface area contributed by atoms with Crippen LogP contribution in [-0.4, -0.2) is 27.7 Å². The van der Waals surface area contributed by atoms with Gasteiger partial charge in [0.2, 0.25) is 0 Å². The van der Waals surface area contributed by atoms with Crippen molar-refractivity contribution < 1.29 is 14.3 Å². The Balaban J connectivity index is 1.49. The molecule has 1 unspecified atom stereocenters. The number of hydrogen-bond donors (Lipinski definition) is 2. The maximum absolute atomic E-state index is 13.3. The van der Waals surface area contributed by atoms with Crippen LogP contribution in [0, 0.1) is 6.92 Å². The van der Waals surface area contributed by atoms with Crippen LogP contribution in [0.4, 0.5) is 11.4 Å². The number of carbonyl (C=O) groups excluding carboxylic acids is 2. The minimum atomic E-state index is -0.556. The second-order valence-electron chi connectivity index (χ2n) is 7.95. The van der Waals surface area contributed by atoms with E-state index in [0.29, 0.717) is 28.4 Å². The Morgan fingerprint density at radius 2 is 1.82 bits per heavy atom. The van der Waals surface area contributed by atoms with Gasteiger partial charge in [-0.3, -0.25) is 9.59 Å². The van der Waals surface area contributed by atoms with Gasteiger partial charge in [0, 0.05) is 17.4 Å². The van der Waals surface area contributed by atoms with E-state index in [1.807, 2.05) is 61.5 Å². The molecule has 3 aromatic carbocycles. The molecule has 7 heteroatoms. The molecule has 2 amide bonds. The lowest BCUT2D eigenvalue weighted by Gasteiger charge is -2.23. The third-order valence-corrected chi connectivity index (χ3v) is 5.47. The summed E-state index contributed by atoms with van der Waals surface area (Å²) >= 11 is 0. The van der Waals surface area contributed by atoms with E-state index in [2.05, 4.69) is 10.6 Å². The van der Waals surface area contributed by atoms with Crippen molar-refractivity contribution in [3.8, 4) is 22.7 Å². The van der Waals surface area contributed by atoms with E-state index in [1.54, 1.807) is 36.0 Å². The predicted molar refractivity (Wildman–Crippen MR) is 127 cm³/mol. The van der Waals surface area contributed by atoms with E-state index in [0.717, 1.165) is 16.8 Å². The van der Waals surface area contributed by atoms with Crippen molar-refractivity contribution in [2.24, 2.45) is 0 Å². The highest BCUT2D eigenvalue weighted by molar-refractivity contribution is 6.08. The van der Waals surface area contributed by atoms with Crippen LogP contribution in [0.5, 0.6) is 5.75 Å². The molecule has 1 aliphatic rings. The maximum Gasteiger partial charge on any atom is 0.265 e. The fourth-order valence-electron chi connectivity index (χ4n) is 3.66. The first kappa shape index (κ1) is 20.5. The van der Waals surface area contributed by atoms with Crippen LogP contribution >= 0.6 is 0 Å². The molecule has 1 aliphatic heterocycles. The fraction of sp³-hybridized carbons (Fsp3) is 0.115. The summed E-state index contributed by atoms with van der Waals surface area (Å²) in [6.45, 7) is 3.71. The van der Waals surface area contributed by atoms with Gasteiger partial charge in [0.1, 0.15) is 11.4 Å². The summed E-state index contributed by atoms with van der Waals surface area (Å²) in [6.07, 6.45) is 1.17. The largest absolute Gasteiger partial charge is 0.479 e. The summed E-state index contributed by atoms with van der Waals surface area (Å²) in [5.74, 6) is 0.0394. The summed E-state index contributed by atoms with van der Waals surface area (Å²) in [4.78, 5) is 25.2. The molecule has 0 fully saturated rings. The SMILES string of the molecule is Cc1ccc(-n2cc(C(=O)Nc3ccc4c(c3)NC(=O)C(C)O4)c(-c3ccccc3)n2)cc1. The number of carbonyl (C=O) groups is 2. The van der Waals surface area contributed by atoms with Crippen LogP contribution in [0.3, 0.4) is 0 Å². The molecule has 2 N–H and O–H groups in total. The second-order valence-corrected chi connectivity index (χ2v) is 7.95. The van der Waals surface area contributed by atoms with E-state index in [-0.39, 0.29) is 11.8 Å². The number of anilines is 2. The monoisotopic (exact) mass is 438 g/mol. The zero-order valence-electron chi connectivity index (χ0n) is 18.2. The summed E-state index contributed by atoms with van der Waals surface area (Å²) in [6, 6.07) is 22.7. The lowest BCUT2D eigenvalue weighted by molar-refractivity contribution is -0.122. The Bertz CT molecular complexity index is 1340. The first-order valence-electron chi connectivity index (χ1n) is 10.6. The van der Waals surface area contributed by atoms with Gasteiger partial charge in [0.05, 0.1) is 16.9 Å². The van der Waals surface area contributed by atoms with E-state index >= 15 is 0 Å². The Morgan fingerprint density at radius 1 is 1.06 bits per heavy atom. The highest BCUT2D eigenvalue weighted by Gasteiger charge is 2.24. The number of hydrogen-bond acceptors (Lipinski definition) is 4. The van der Waals surface area contributed by atoms with E-state index in [1.165, 1.54) is 0 Å². The van der Waals surface area contributed by atoms with Crippen LogP contribution in [-0.2, 0) is 4.79 Å². The molecule has 5 rings (SSSR count). The Morgan fingerprint density at radius 3 is 2.58 bits per heavy atom. The van der Waals surface area contributed by atoms with Crippen LogP contribution in [0.15, 0.2) is 79.0 Å². The number of amides is 2. The van der Waals surface area contributed by atoms with Gasteiger partial charge in [-0.15, -0.1) is 0 Å². The topological polar surface area (TPSA) is 85.2 Å². The minimum Gasteiger partial charge on any atom is -0.479 e. The molecule has 1 atom stereocenters. The molecule has 0 aliphatic carbocycles. The molecular weight excluding hydrogens is 416 g/mol. The Kier molecular flexibility index (Phi) is 5.14. The summed E-state index contributed by atoms with van der Waals surface area (Å²) < 4.78 is 7.30. The average Bonchev–Trinajstić information content (AvgIpc) is 3.27. The normalized spacial score (nSPS) is 14.7. The Labute approximate surface area is 191 Å². The number of fused-ring (bicyclic) bond motifs is 1. The number of rotatable bonds is 4. The standard InChI is InChI=1S/C26H22N4O3/c1-16-8-11-20(12-9-16)30-15-21(24(29-30)18-6-4-3-5-7-18)26(32)27-19-10-13-23-22(14-19)28-25(31)17(2)33-23/h3-15,17H,1-2H3,(H,27,32)(H,28,31). The van der Waals surface area contributed by atoms with E-state index < -0.39 is 6.10 Å². The molecule has 7 nitrogen and oxygen atoms in total. The molecule has 0 spiro atoms. The predicted octanol–water partition coefficient (Wildman–Crippen LogP) is 4.82. The molecule has 33 heavy (non-hydrogen) atoms. The zero-order chi connectivity index (χ0) is 22.9. The van der Waals surface area contributed by atoms with Crippen LogP contribution in [0.1, 0.15) is 22.8 Å². The van der Waals surface area contributed by atoms with Crippen molar-refractivity contribution in [2.45, 2.75) is 20.0 Å². The van der Waals surface area contributed by atoms with Crippen molar-refractivity contribution in [3.63, 3.8) is 0 Å². The average molecular weight is 438 g/mol. The van der Waals surface area contributed by atoms with Gasteiger partial charge < -0.3 is 15.4 Å². The smallest absolute Gasteiger partial charge is 0.265 e. The molecule has 0 saturated carbocycles. The molecule has 0 saturated heterocycles. The van der Waals surface area contributed by atoms with Gasteiger partial charge >= 0.3 is 0 Å². The molecule has 164 valence electrons. The number of nitrogens with one attached hydrogen (secondary N) is 2. The van der Waals surface area contributed by atoms with Gasteiger partial charge in [0.25, 0.3) is 11.8 Å². The third-order valence-electron chi connectivity index (χ3n) is 5.47. The van der Waals surface area contributed by atoms with Gasteiger partial charge in [-0.2, -0.15) is 5.10 Å². The quantitative estimate of drug-likeness (QED) is 0.478. The van der Waals surface area contributed by atoms with Crippen LogP contribution in [0.2, 0.25) is 0 Å². The number of benzene rings is 3. The highest BCUT2D eigenvalue weighted by atomic mass is 16.5. The lowest BCUT2D eigenvalue weighted by Crippen LogP contribution is -2.34. The van der Waals surface area contributed by atoms with E-state index in [9.17, 15) is 9.59 Å². The molecule has 4 aromatic rings. The minimum absolute atomic E-state index is 0.225. The van der Waals surface area contributed by atoms with Crippen molar-refractivity contribution in [1.82, 2.24) is 9.78 Å². The number of aryl methyl sites for hydroxylation is 1. The molecular formula is C26H22N4O3. The van der Waals surface area contributed by atoms with Crippen molar-refractivity contribution >= 4 is 23.2 Å². The number of aromatic nitrogens is 2. The fourth-order valence-corrected chi connectivity index (χ4v) is 3.66. The molecule has 0 bridgehead atoms. The Hall–Kier alpha value is -4.39. The van der Waals surface area contributed by atoms with Crippen molar-refractivity contribution in [1.29, 1.82) is 0 Å². The van der Waals surface area contributed by atoms with Gasteiger partial charge in [-0.1, -0.05) is 48.0 Å². The van der Waals surface area contributed by atoms with Gasteiger partial charge in [-0.05, 0) is 44.2 Å². The molecule has 0 radical (unpaired) electrons. The van der Waals surface area contributed by atoms with Crippen molar-refractivity contribution in [2.75, 3.05) is 10.6 Å². The highest BCUT2D eigenvalue weighted by Crippen LogP contribution is 2.33. The van der Waals surface area contributed by atoms with Gasteiger partial charge in [-0.25, -0.2) is 4.68 Å². The summed E-state index contributed by atoms with van der Waals surface area (Å²) in [5.41, 5.74) is 4.93. The van der Waals surface area contributed by atoms with Crippen LogP contribution in [0.25, 0.3) is 16.9 Å². The number of ether oxygens (including phenoxy) is 1. The van der Waals surface area contributed by atoms with Gasteiger partial charge in [0.15, 0.2) is 6.10 Å². The molecule has 2 heterocycles. The first-order valence-corrected chi connectivity index (χ1v) is 10.6. The maximum atomic E-state index is 13.3. The van der Waals surface area contributed by atoms with Crippen molar-refractivity contribution in [3.05, 3.63) is 90.1 Å². The molecule has 1 aromatic heterocycles. The summed E-state index contributed by atoms with van der Waals surface area (Å²) in [7, 11) is 0.